The maximum absolute atomic E-state index is 12.4. The van der Waals surface area contributed by atoms with Crippen molar-refractivity contribution in [2.45, 2.75) is 11.8 Å². The van der Waals surface area contributed by atoms with E-state index < -0.39 is 14.9 Å². The summed E-state index contributed by atoms with van der Waals surface area (Å²) in [4.78, 5) is 10.0. The van der Waals surface area contributed by atoms with Gasteiger partial charge in [-0.25, -0.2) is 0 Å². The molecular formula is C11H14IN3O4S. The smallest absolute Gasteiger partial charge is 0.331 e. The Balaban J connectivity index is 0.00000200. The Morgan fingerprint density at radius 1 is 1.40 bits per heavy atom. The highest BCUT2D eigenvalue weighted by Gasteiger charge is 2.37. The van der Waals surface area contributed by atoms with E-state index in [4.69, 9.17) is 0 Å². The third kappa shape index (κ3) is 2.92. The minimum absolute atomic E-state index is 0. The molecule has 1 aromatic rings. The number of rotatable bonds is 3. The van der Waals surface area contributed by atoms with Gasteiger partial charge in [-0.3, -0.25) is 14.7 Å². The van der Waals surface area contributed by atoms with E-state index in [9.17, 15) is 18.5 Å². The molecule has 0 spiro atoms. The van der Waals surface area contributed by atoms with Gasteiger partial charge in [0.25, 0.3) is 11.5 Å². The number of hydrogen-bond acceptors (Lipinski definition) is 4. The number of non-ortho nitro benzene ring substituents is 1. The average molecular weight is 411 g/mol. The highest BCUT2D eigenvalue weighted by atomic mass is 127. The van der Waals surface area contributed by atoms with Gasteiger partial charge in [-0.05, 0) is 6.07 Å². The molecule has 0 aromatic heterocycles. The van der Waals surface area contributed by atoms with Gasteiger partial charge >= 0.3 is 10.0 Å². The summed E-state index contributed by atoms with van der Waals surface area (Å²) in [7, 11) is -1.92. The van der Waals surface area contributed by atoms with E-state index in [2.05, 4.69) is 0 Å². The van der Waals surface area contributed by atoms with Gasteiger partial charge < -0.3 is 24.0 Å². The molecule has 1 aromatic carbocycles. The van der Waals surface area contributed by atoms with Crippen LogP contribution in [0.25, 0.3) is 0 Å². The summed E-state index contributed by atoms with van der Waals surface area (Å²) in [5, 5.41) is 10.7. The van der Waals surface area contributed by atoms with E-state index in [1.165, 1.54) is 22.5 Å². The standard InChI is InChI=1S/C11H14N3O4S.HI/c1-9-12(2)6-7-13(9)19(17,18)11-5-3-4-10(8-11)14(15)16;/h3-5,8H,6-7H2,1-2H3;1H/q+1;/p-1. The summed E-state index contributed by atoms with van der Waals surface area (Å²) < 4.78 is 27.9. The maximum atomic E-state index is 12.4. The van der Waals surface area contributed by atoms with Crippen molar-refractivity contribution in [1.82, 2.24) is 4.31 Å². The molecule has 0 bridgehead atoms. The Bertz CT molecular complexity index is 672. The second-order valence-corrected chi connectivity index (χ2v) is 6.16. The van der Waals surface area contributed by atoms with E-state index in [0.29, 0.717) is 18.9 Å². The molecule has 9 heteroatoms. The van der Waals surface area contributed by atoms with Crippen LogP contribution in [0.3, 0.4) is 0 Å². The molecule has 0 aliphatic carbocycles. The number of benzene rings is 1. The molecule has 0 saturated heterocycles. The minimum atomic E-state index is -3.73. The number of halogens is 1. The lowest BCUT2D eigenvalue weighted by molar-refractivity contribution is -0.486. The Hall–Kier alpha value is -1.23. The van der Waals surface area contributed by atoms with Gasteiger partial charge in [-0.2, -0.15) is 8.42 Å². The lowest BCUT2D eigenvalue weighted by atomic mass is 10.3. The van der Waals surface area contributed by atoms with Crippen LogP contribution >= 0.6 is 0 Å². The number of nitro benzene ring substituents is 1. The molecule has 0 radical (unpaired) electrons. The van der Waals surface area contributed by atoms with Gasteiger partial charge in [0, 0.05) is 19.1 Å². The number of nitro groups is 1. The van der Waals surface area contributed by atoms with Gasteiger partial charge in [0.2, 0.25) is 0 Å². The number of sulfonamides is 1. The highest BCUT2D eigenvalue weighted by molar-refractivity contribution is 7.89. The molecule has 1 heterocycles. The van der Waals surface area contributed by atoms with Crippen molar-refractivity contribution >= 4 is 21.5 Å². The van der Waals surface area contributed by atoms with Crippen molar-refractivity contribution in [2.24, 2.45) is 0 Å². The molecule has 0 N–H and O–H groups in total. The lowest BCUT2D eigenvalue weighted by Crippen LogP contribution is -3.00. The van der Waals surface area contributed by atoms with Crippen LogP contribution in [0.1, 0.15) is 6.92 Å². The monoisotopic (exact) mass is 411 g/mol. The minimum Gasteiger partial charge on any atom is -1.00 e. The fourth-order valence-corrected chi connectivity index (χ4v) is 3.52. The topological polar surface area (TPSA) is 83.5 Å². The van der Waals surface area contributed by atoms with Gasteiger partial charge in [0.1, 0.15) is 18.0 Å². The van der Waals surface area contributed by atoms with Crippen LogP contribution in [0.5, 0.6) is 0 Å². The summed E-state index contributed by atoms with van der Waals surface area (Å²) in [5.41, 5.74) is -0.230. The molecule has 1 aliphatic rings. The first-order valence-electron chi connectivity index (χ1n) is 5.66. The SMILES string of the molecule is CC1=[N+](C)CCN1S(=O)(=O)c1cccc([N+](=O)[O-])c1.[I-]. The predicted octanol–water partition coefficient (Wildman–Crippen LogP) is -2.34. The Kier molecular flexibility index (Phi) is 5.08. The van der Waals surface area contributed by atoms with Gasteiger partial charge in [-0.15, -0.1) is 4.31 Å². The molecule has 0 amide bonds. The average Bonchev–Trinajstić information content (AvgIpc) is 2.70. The normalized spacial score (nSPS) is 15.2. The summed E-state index contributed by atoms with van der Waals surface area (Å²) in [5.74, 6) is 0.617. The highest BCUT2D eigenvalue weighted by Crippen LogP contribution is 2.22. The zero-order valence-electron chi connectivity index (χ0n) is 11.0. The van der Waals surface area contributed by atoms with Crippen LogP contribution in [0.2, 0.25) is 0 Å². The van der Waals surface area contributed by atoms with E-state index in [-0.39, 0.29) is 34.6 Å². The molecule has 0 saturated carbocycles. The molecule has 20 heavy (non-hydrogen) atoms. The summed E-state index contributed by atoms with van der Waals surface area (Å²) in [6, 6.07) is 5.10. The molecular weight excluding hydrogens is 397 g/mol. The third-order valence-corrected chi connectivity index (χ3v) is 5.05. The molecule has 0 unspecified atom stereocenters. The van der Waals surface area contributed by atoms with Crippen LogP contribution in [0.15, 0.2) is 29.2 Å². The van der Waals surface area contributed by atoms with Gasteiger partial charge in [0.15, 0.2) is 0 Å². The van der Waals surface area contributed by atoms with Crippen LogP contribution < -0.4 is 24.0 Å². The van der Waals surface area contributed by atoms with Gasteiger partial charge in [-0.1, -0.05) is 6.07 Å². The fourth-order valence-electron chi connectivity index (χ4n) is 1.93. The molecule has 1 aliphatic heterocycles. The molecule has 0 fully saturated rings. The van der Waals surface area contributed by atoms with E-state index in [1.807, 2.05) is 4.58 Å². The first-order chi connectivity index (χ1) is 8.84. The van der Waals surface area contributed by atoms with Crippen LogP contribution in [-0.4, -0.2) is 48.2 Å². The number of hydrogen-bond donors (Lipinski definition) is 0. The number of amidine groups is 1. The zero-order chi connectivity index (χ0) is 14.2. The van der Waals surface area contributed by atoms with Crippen LogP contribution in [0.4, 0.5) is 5.69 Å². The van der Waals surface area contributed by atoms with E-state index in [0.717, 1.165) is 6.07 Å². The summed E-state index contributed by atoms with van der Waals surface area (Å²) >= 11 is 0. The van der Waals surface area contributed by atoms with E-state index >= 15 is 0 Å². The van der Waals surface area contributed by atoms with Crippen molar-refractivity contribution in [3.8, 4) is 0 Å². The molecule has 7 nitrogen and oxygen atoms in total. The maximum Gasteiger partial charge on any atom is 0.331 e. The molecule has 2 rings (SSSR count). The fraction of sp³-hybridized carbons (Fsp3) is 0.364. The van der Waals surface area contributed by atoms with Crippen molar-refractivity contribution in [3.05, 3.63) is 34.4 Å². The third-order valence-electron chi connectivity index (χ3n) is 3.17. The predicted molar refractivity (Wildman–Crippen MR) is 68.7 cm³/mol. The Morgan fingerprint density at radius 2 is 2.05 bits per heavy atom. The van der Waals surface area contributed by atoms with Crippen LogP contribution in [-0.2, 0) is 10.0 Å². The second kappa shape index (κ2) is 6.04. The van der Waals surface area contributed by atoms with E-state index in [1.54, 1.807) is 14.0 Å². The summed E-state index contributed by atoms with van der Waals surface area (Å²) in [6.07, 6.45) is 0. The Morgan fingerprint density at radius 3 is 2.55 bits per heavy atom. The first-order valence-corrected chi connectivity index (χ1v) is 7.10. The van der Waals surface area contributed by atoms with Crippen LogP contribution in [0, 0.1) is 10.1 Å². The lowest BCUT2D eigenvalue weighted by Gasteiger charge is -2.10. The second-order valence-electron chi connectivity index (χ2n) is 4.30. The zero-order valence-corrected chi connectivity index (χ0v) is 14.0. The van der Waals surface area contributed by atoms with Gasteiger partial charge in [0.05, 0.1) is 12.0 Å². The van der Waals surface area contributed by atoms with Crippen molar-refractivity contribution in [3.63, 3.8) is 0 Å². The summed E-state index contributed by atoms with van der Waals surface area (Å²) in [6.45, 7) is 2.68. The quantitative estimate of drug-likeness (QED) is 0.242. The van der Waals surface area contributed by atoms with Crippen molar-refractivity contribution < 1.29 is 41.9 Å². The van der Waals surface area contributed by atoms with Crippen molar-refractivity contribution in [1.29, 1.82) is 0 Å². The number of likely N-dealkylation sites (N-methyl/N-ethyl adjacent to an activating group) is 1. The first kappa shape index (κ1) is 16.8. The number of nitrogens with zero attached hydrogens (tertiary/aromatic N) is 3. The Labute approximate surface area is 134 Å². The largest absolute Gasteiger partial charge is 1.00 e. The molecule has 0 atom stereocenters. The molecule has 110 valence electrons. The van der Waals surface area contributed by atoms with Crippen molar-refractivity contribution in [2.75, 3.05) is 20.1 Å².